The van der Waals surface area contributed by atoms with Crippen LogP contribution >= 0.6 is 0 Å². The lowest BCUT2D eigenvalue weighted by Crippen LogP contribution is -2.27. The van der Waals surface area contributed by atoms with E-state index in [9.17, 15) is 8.78 Å². The molecule has 0 aliphatic heterocycles. The molecule has 0 saturated heterocycles. The van der Waals surface area contributed by atoms with Crippen LogP contribution in [0.3, 0.4) is 0 Å². The lowest BCUT2D eigenvalue weighted by molar-refractivity contribution is 0.410. The van der Waals surface area contributed by atoms with Gasteiger partial charge in [-0.25, -0.2) is 8.78 Å². The van der Waals surface area contributed by atoms with Gasteiger partial charge in [-0.2, -0.15) is 0 Å². The van der Waals surface area contributed by atoms with Gasteiger partial charge in [0.1, 0.15) is 11.6 Å². The third-order valence-corrected chi connectivity index (χ3v) is 3.14. The van der Waals surface area contributed by atoms with Gasteiger partial charge in [0.15, 0.2) is 0 Å². The molecule has 1 rings (SSSR count). The molecule has 1 aromatic rings. The van der Waals surface area contributed by atoms with Crippen molar-refractivity contribution in [2.45, 2.75) is 39.5 Å². The summed E-state index contributed by atoms with van der Waals surface area (Å²) in [6.45, 7) is 9.07. The molecular weight excluding hydrogens is 220 g/mol. The molecule has 17 heavy (non-hydrogen) atoms. The van der Waals surface area contributed by atoms with E-state index in [1.165, 1.54) is 12.1 Å². The standard InChI is InChI=1S/C14H21F2N/c1-5-17-9-8-14(3,4)12-11(15)7-6-10(2)13(12)16/h6-7,17H,5,8-9H2,1-4H3. The maximum Gasteiger partial charge on any atom is 0.132 e. The average molecular weight is 241 g/mol. The van der Waals surface area contributed by atoms with E-state index in [1.54, 1.807) is 6.92 Å². The Morgan fingerprint density at radius 2 is 1.88 bits per heavy atom. The first-order chi connectivity index (χ1) is 7.90. The van der Waals surface area contributed by atoms with Gasteiger partial charge in [0.2, 0.25) is 0 Å². The van der Waals surface area contributed by atoms with Crippen molar-refractivity contribution in [2.24, 2.45) is 0 Å². The van der Waals surface area contributed by atoms with Crippen molar-refractivity contribution in [2.75, 3.05) is 13.1 Å². The van der Waals surface area contributed by atoms with E-state index >= 15 is 0 Å². The van der Waals surface area contributed by atoms with E-state index in [1.807, 2.05) is 20.8 Å². The maximum atomic E-state index is 14.0. The number of hydrogen-bond acceptors (Lipinski definition) is 1. The Labute approximate surface area is 102 Å². The summed E-state index contributed by atoms with van der Waals surface area (Å²) in [6.07, 6.45) is 0.706. The van der Waals surface area contributed by atoms with E-state index in [2.05, 4.69) is 5.32 Å². The van der Waals surface area contributed by atoms with Crippen LogP contribution in [-0.2, 0) is 5.41 Å². The van der Waals surface area contributed by atoms with Gasteiger partial charge < -0.3 is 5.32 Å². The lowest BCUT2D eigenvalue weighted by atomic mass is 9.80. The predicted molar refractivity (Wildman–Crippen MR) is 67.3 cm³/mol. The minimum absolute atomic E-state index is 0.204. The summed E-state index contributed by atoms with van der Waals surface area (Å²) < 4.78 is 27.8. The quantitative estimate of drug-likeness (QED) is 0.777. The molecule has 1 aromatic carbocycles. The van der Waals surface area contributed by atoms with E-state index in [0.717, 1.165) is 13.1 Å². The molecule has 0 saturated carbocycles. The van der Waals surface area contributed by atoms with Crippen molar-refractivity contribution in [3.05, 3.63) is 34.9 Å². The van der Waals surface area contributed by atoms with Crippen molar-refractivity contribution >= 4 is 0 Å². The minimum Gasteiger partial charge on any atom is -0.317 e. The molecular formula is C14H21F2N. The van der Waals surface area contributed by atoms with Crippen LogP contribution in [0.5, 0.6) is 0 Å². The summed E-state index contributed by atoms with van der Waals surface area (Å²) in [4.78, 5) is 0. The van der Waals surface area contributed by atoms with Crippen molar-refractivity contribution in [3.63, 3.8) is 0 Å². The van der Waals surface area contributed by atoms with E-state index in [-0.39, 0.29) is 5.56 Å². The SMILES string of the molecule is CCNCCC(C)(C)c1c(F)ccc(C)c1F. The van der Waals surface area contributed by atoms with Gasteiger partial charge in [0.05, 0.1) is 0 Å². The van der Waals surface area contributed by atoms with E-state index in [0.29, 0.717) is 12.0 Å². The van der Waals surface area contributed by atoms with E-state index in [4.69, 9.17) is 0 Å². The van der Waals surface area contributed by atoms with Crippen molar-refractivity contribution in [1.29, 1.82) is 0 Å². The summed E-state index contributed by atoms with van der Waals surface area (Å²) in [5.41, 5.74) is 0.204. The van der Waals surface area contributed by atoms with Crippen LogP contribution in [0.1, 0.15) is 38.3 Å². The second-order valence-electron chi connectivity index (χ2n) is 5.04. The molecule has 0 aromatic heterocycles. The van der Waals surface area contributed by atoms with Gasteiger partial charge in [0.25, 0.3) is 0 Å². The zero-order chi connectivity index (χ0) is 13.1. The highest BCUT2D eigenvalue weighted by molar-refractivity contribution is 5.32. The van der Waals surface area contributed by atoms with Gasteiger partial charge in [-0.1, -0.05) is 26.8 Å². The Morgan fingerprint density at radius 3 is 2.47 bits per heavy atom. The Kier molecular flexibility index (Phi) is 4.63. The van der Waals surface area contributed by atoms with Gasteiger partial charge in [-0.3, -0.25) is 0 Å². The fraction of sp³-hybridized carbons (Fsp3) is 0.571. The number of benzene rings is 1. The molecule has 0 unspecified atom stereocenters. The summed E-state index contributed by atoms with van der Waals surface area (Å²) in [6, 6.07) is 2.83. The van der Waals surface area contributed by atoms with Crippen molar-refractivity contribution in [1.82, 2.24) is 5.32 Å². The van der Waals surface area contributed by atoms with Crippen molar-refractivity contribution in [3.8, 4) is 0 Å². The monoisotopic (exact) mass is 241 g/mol. The fourth-order valence-electron chi connectivity index (χ4n) is 1.98. The van der Waals surface area contributed by atoms with Crippen LogP contribution in [-0.4, -0.2) is 13.1 Å². The summed E-state index contributed by atoms with van der Waals surface area (Å²) in [7, 11) is 0. The van der Waals surface area contributed by atoms with Crippen LogP contribution in [0.25, 0.3) is 0 Å². The highest BCUT2D eigenvalue weighted by atomic mass is 19.1. The minimum atomic E-state index is -0.498. The zero-order valence-corrected chi connectivity index (χ0v) is 11.0. The van der Waals surface area contributed by atoms with Crippen LogP contribution in [0.4, 0.5) is 8.78 Å². The van der Waals surface area contributed by atoms with Gasteiger partial charge >= 0.3 is 0 Å². The number of rotatable bonds is 5. The average Bonchev–Trinajstić information content (AvgIpc) is 2.24. The van der Waals surface area contributed by atoms with E-state index < -0.39 is 17.0 Å². The molecule has 0 atom stereocenters. The maximum absolute atomic E-state index is 14.0. The highest BCUT2D eigenvalue weighted by Crippen LogP contribution is 2.32. The third-order valence-electron chi connectivity index (χ3n) is 3.14. The molecule has 0 aliphatic rings. The Hall–Kier alpha value is -0.960. The van der Waals surface area contributed by atoms with Crippen LogP contribution in [0.2, 0.25) is 0 Å². The fourth-order valence-corrected chi connectivity index (χ4v) is 1.98. The molecule has 0 aliphatic carbocycles. The summed E-state index contributed by atoms with van der Waals surface area (Å²) in [5.74, 6) is -0.860. The Bertz CT molecular complexity index is 386. The first kappa shape index (κ1) is 14.1. The van der Waals surface area contributed by atoms with Gasteiger partial charge in [0, 0.05) is 5.56 Å². The molecule has 1 nitrogen and oxygen atoms in total. The first-order valence-electron chi connectivity index (χ1n) is 6.06. The smallest absolute Gasteiger partial charge is 0.132 e. The molecule has 0 bridgehead atoms. The van der Waals surface area contributed by atoms with Crippen LogP contribution in [0, 0.1) is 18.6 Å². The van der Waals surface area contributed by atoms with Crippen LogP contribution < -0.4 is 5.32 Å². The Balaban J connectivity index is 3.01. The second-order valence-corrected chi connectivity index (χ2v) is 5.04. The predicted octanol–water partition coefficient (Wildman–Crippen LogP) is 3.55. The topological polar surface area (TPSA) is 12.0 Å². The number of aryl methyl sites for hydroxylation is 1. The molecule has 96 valence electrons. The summed E-state index contributed by atoms with van der Waals surface area (Å²) >= 11 is 0. The van der Waals surface area contributed by atoms with Gasteiger partial charge in [-0.05, 0) is 43.5 Å². The highest BCUT2D eigenvalue weighted by Gasteiger charge is 2.28. The largest absolute Gasteiger partial charge is 0.317 e. The zero-order valence-electron chi connectivity index (χ0n) is 11.0. The number of nitrogens with one attached hydrogen (secondary N) is 1. The molecule has 3 heteroatoms. The molecule has 1 N–H and O–H groups in total. The Morgan fingerprint density at radius 1 is 1.24 bits per heavy atom. The molecule has 0 heterocycles. The molecule has 0 amide bonds. The normalized spacial score (nSPS) is 11.9. The van der Waals surface area contributed by atoms with Crippen LogP contribution in [0.15, 0.2) is 12.1 Å². The third kappa shape index (κ3) is 3.25. The number of halogens is 2. The number of hydrogen-bond donors (Lipinski definition) is 1. The molecule has 0 fully saturated rings. The molecule has 0 spiro atoms. The van der Waals surface area contributed by atoms with Crippen molar-refractivity contribution < 1.29 is 8.78 Å². The summed E-state index contributed by atoms with van der Waals surface area (Å²) in [5, 5.41) is 3.18. The lowest BCUT2D eigenvalue weighted by Gasteiger charge is -2.27. The molecule has 0 radical (unpaired) electrons. The second kappa shape index (κ2) is 5.58. The van der Waals surface area contributed by atoms with Gasteiger partial charge in [-0.15, -0.1) is 0 Å². The first-order valence-corrected chi connectivity index (χ1v) is 6.06.